The second-order valence-corrected chi connectivity index (χ2v) is 16.5. The maximum Gasteiger partial charge on any atom is 0.220 e. The summed E-state index contributed by atoms with van der Waals surface area (Å²) in [5, 5.41) is 85.7. The van der Waals surface area contributed by atoms with Gasteiger partial charge in [-0.2, -0.15) is 0 Å². The van der Waals surface area contributed by atoms with Gasteiger partial charge in [-0.15, -0.1) is 0 Å². The number of aliphatic hydroxyl groups is 8. The van der Waals surface area contributed by atoms with Gasteiger partial charge < -0.3 is 65.1 Å². The molecule has 9 N–H and O–H groups in total. The van der Waals surface area contributed by atoms with Crippen LogP contribution in [0.1, 0.15) is 117 Å². The molecule has 374 valence electrons. The second kappa shape index (κ2) is 37.6. The lowest BCUT2D eigenvalue weighted by Crippen LogP contribution is -2.65. The number of aliphatic hydroxyl groups excluding tert-OH is 8. The highest BCUT2D eigenvalue weighted by Gasteiger charge is 2.51. The van der Waals surface area contributed by atoms with E-state index in [-0.39, 0.29) is 18.9 Å². The van der Waals surface area contributed by atoms with Crippen molar-refractivity contribution in [2.45, 2.75) is 190 Å². The molecule has 12 unspecified atom stereocenters. The second-order valence-electron chi connectivity index (χ2n) is 16.5. The highest BCUT2D eigenvalue weighted by atomic mass is 16.7. The van der Waals surface area contributed by atoms with Gasteiger partial charge in [-0.25, -0.2) is 0 Å². The summed E-state index contributed by atoms with van der Waals surface area (Å²) in [6, 6.07) is -0.931. The van der Waals surface area contributed by atoms with Crippen molar-refractivity contribution in [2.24, 2.45) is 0 Å². The lowest BCUT2D eigenvalue weighted by atomic mass is 9.97. The van der Waals surface area contributed by atoms with Crippen molar-refractivity contribution in [3.05, 3.63) is 109 Å². The lowest BCUT2D eigenvalue weighted by Gasteiger charge is -2.46. The van der Waals surface area contributed by atoms with E-state index in [1.807, 2.05) is 6.92 Å². The van der Waals surface area contributed by atoms with E-state index < -0.39 is 86.8 Å². The molecule has 2 heterocycles. The summed E-state index contributed by atoms with van der Waals surface area (Å²) in [7, 11) is 0. The van der Waals surface area contributed by atoms with Crippen LogP contribution in [0.3, 0.4) is 0 Å². The van der Waals surface area contributed by atoms with Gasteiger partial charge in [-0.05, 0) is 77.0 Å². The van der Waals surface area contributed by atoms with E-state index in [1.165, 1.54) is 0 Å². The van der Waals surface area contributed by atoms with Crippen LogP contribution in [0.4, 0.5) is 0 Å². The maximum absolute atomic E-state index is 13.0. The highest BCUT2D eigenvalue weighted by Crippen LogP contribution is 2.30. The Morgan fingerprint density at radius 1 is 0.561 bits per heavy atom. The normalized spacial score (nSPS) is 27.8. The third-order valence-electron chi connectivity index (χ3n) is 10.9. The Morgan fingerprint density at radius 3 is 1.56 bits per heavy atom. The first-order valence-corrected chi connectivity index (χ1v) is 24.1. The van der Waals surface area contributed by atoms with Crippen molar-refractivity contribution < 1.29 is 64.6 Å². The zero-order valence-corrected chi connectivity index (χ0v) is 39.4. The van der Waals surface area contributed by atoms with Crippen LogP contribution >= 0.6 is 0 Å². The molecule has 0 bridgehead atoms. The van der Waals surface area contributed by atoms with E-state index in [4.69, 9.17) is 18.9 Å². The van der Waals surface area contributed by atoms with Gasteiger partial charge in [0.15, 0.2) is 12.6 Å². The van der Waals surface area contributed by atoms with Gasteiger partial charge in [0, 0.05) is 6.42 Å². The number of hydrogen-bond donors (Lipinski definition) is 9. The van der Waals surface area contributed by atoms with Crippen LogP contribution in [0, 0.1) is 0 Å². The SMILES string of the molecule is CC/C=C\C/C=C\C/C=C\C/C=C\C/C=C\C/C=C\C/C=C\C/C=C\CCCCCCC(=O)NC(COC1OC(CO)C(OC2OC(CO)C(O)C(O)C2O)C(O)C1O)C(O)/C=C/CCC. The largest absolute Gasteiger partial charge is 0.394 e. The predicted molar refractivity (Wildman–Crippen MR) is 258 cm³/mol. The summed E-state index contributed by atoms with van der Waals surface area (Å²) in [5.74, 6) is -0.284. The van der Waals surface area contributed by atoms with E-state index in [0.29, 0.717) is 12.8 Å². The first kappa shape index (κ1) is 58.8. The standard InChI is InChI=1S/C52H83NO13/c1-3-5-7-8-9-10-11-12-13-14-15-16-17-18-19-20-21-22-23-24-25-26-27-28-29-30-31-32-34-36-44(57)53-40(41(56)35-33-6-4-2)39-63-51-49(62)47(60)50(43(38-55)65-51)66-52-48(61)46(59)45(58)42(37-54)64-52/h5,7,9-10,12-13,15-16,18-19,21-22,24-25,27-28,33,35,40-43,45-52,54-56,58-62H,3-4,6,8,11,14,17,20,23,26,29-32,34,36-39H2,1-2H3,(H,53,57)/b7-5-,10-9-,13-12-,16-15-,19-18-,22-21-,25-24-,28-27-,35-33+. The zero-order chi connectivity index (χ0) is 48.2. The van der Waals surface area contributed by atoms with E-state index in [9.17, 15) is 45.6 Å². The molecular formula is C52H83NO13. The molecule has 14 nitrogen and oxygen atoms in total. The third-order valence-corrected chi connectivity index (χ3v) is 10.9. The molecule has 2 aliphatic heterocycles. The van der Waals surface area contributed by atoms with Gasteiger partial charge in [0.2, 0.25) is 5.91 Å². The van der Waals surface area contributed by atoms with Crippen molar-refractivity contribution in [1.82, 2.24) is 5.32 Å². The summed E-state index contributed by atoms with van der Waals surface area (Å²) < 4.78 is 22.4. The quantitative estimate of drug-likeness (QED) is 0.0277. The summed E-state index contributed by atoms with van der Waals surface area (Å²) in [4.78, 5) is 13.0. The molecule has 0 aromatic rings. The molecular weight excluding hydrogens is 847 g/mol. The number of hydrogen-bond acceptors (Lipinski definition) is 13. The Labute approximate surface area is 394 Å². The molecule has 12 atom stereocenters. The minimum atomic E-state index is -1.79. The van der Waals surface area contributed by atoms with Crippen molar-refractivity contribution in [3.8, 4) is 0 Å². The number of amides is 1. The third kappa shape index (κ3) is 24.6. The maximum atomic E-state index is 13.0. The molecule has 2 rings (SSSR count). The van der Waals surface area contributed by atoms with Gasteiger partial charge in [-0.3, -0.25) is 4.79 Å². The first-order chi connectivity index (χ1) is 32.1. The highest BCUT2D eigenvalue weighted by molar-refractivity contribution is 5.76. The number of nitrogens with one attached hydrogen (secondary N) is 1. The van der Waals surface area contributed by atoms with Gasteiger partial charge in [0.05, 0.1) is 32.0 Å². The fourth-order valence-electron chi connectivity index (χ4n) is 7.02. The molecule has 2 aliphatic rings. The summed E-state index contributed by atoms with van der Waals surface area (Å²) >= 11 is 0. The summed E-state index contributed by atoms with van der Waals surface area (Å²) in [6.45, 7) is 2.38. The molecule has 0 aliphatic carbocycles. The van der Waals surface area contributed by atoms with Crippen molar-refractivity contribution >= 4 is 5.91 Å². The van der Waals surface area contributed by atoms with Crippen molar-refractivity contribution in [3.63, 3.8) is 0 Å². The Balaban J connectivity index is 1.65. The average molecular weight is 930 g/mol. The van der Waals surface area contributed by atoms with E-state index in [0.717, 1.165) is 83.5 Å². The van der Waals surface area contributed by atoms with Crippen LogP contribution in [-0.4, -0.2) is 140 Å². The number of allylic oxidation sites excluding steroid dienone is 17. The Hall–Kier alpha value is -3.35. The molecule has 1 amide bonds. The van der Waals surface area contributed by atoms with Crippen molar-refractivity contribution in [2.75, 3.05) is 19.8 Å². The van der Waals surface area contributed by atoms with E-state index in [1.54, 1.807) is 12.2 Å². The molecule has 0 aromatic heterocycles. The Morgan fingerprint density at radius 2 is 1.05 bits per heavy atom. The fourth-order valence-corrected chi connectivity index (χ4v) is 7.02. The number of unbranched alkanes of at least 4 members (excludes halogenated alkanes) is 5. The molecule has 0 radical (unpaired) electrons. The molecule has 0 aromatic carbocycles. The number of carbonyl (C=O) groups is 1. The molecule has 0 spiro atoms. The Kier molecular flexibility index (Phi) is 33.5. The fraction of sp³-hybridized carbons (Fsp3) is 0.635. The number of rotatable bonds is 34. The first-order valence-electron chi connectivity index (χ1n) is 24.1. The molecule has 2 saturated heterocycles. The average Bonchev–Trinajstić information content (AvgIpc) is 3.31. The van der Waals surface area contributed by atoms with Gasteiger partial charge in [0.1, 0.15) is 48.8 Å². The van der Waals surface area contributed by atoms with Gasteiger partial charge in [-0.1, -0.05) is 142 Å². The van der Waals surface area contributed by atoms with Crippen LogP contribution in [0.25, 0.3) is 0 Å². The van der Waals surface area contributed by atoms with E-state index in [2.05, 4.69) is 109 Å². The minimum Gasteiger partial charge on any atom is -0.394 e. The minimum absolute atomic E-state index is 0.240. The summed E-state index contributed by atoms with van der Waals surface area (Å²) in [6.07, 6.45) is 35.4. The predicted octanol–water partition coefficient (Wildman–Crippen LogP) is 5.76. The number of ether oxygens (including phenoxy) is 4. The topological polar surface area (TPSA) is 228 Å². The zero-order valence-electron chi connectivity index (χ0n) is 39.4. The molecule has 66 heavy (non-hydrogen) atoms. The van der Waals surface area contributed by atoms with Gasteiger partial charge >= 0.3 is 0 Å². The van der Waals surface area contributed by atoms with Crippen LogP contribution in [-0.2, 0) is 23.7 Å². The van der Waals surface area contributed by atoms with Crippen LogP contribution in [0.5, 0.6) is 0 Å². The summed E-state index contributed by atoms with van der Waals surface area (Å²) in [5.41, 5.74) is 0. The molecule has 2 fully saturated rings. The smallest absolute Gasteiger partial charge is 0.220 e. The van der Waals surface area contributed by atoms with Gasteiger partial charge in [0.25, 0.3) is 0 Å². The van der Waals surface area contributed by atoms with Crippen molar-refractivity contribution in [1.29, 1.82) is 0 Å². The lowest BCUT2D eigenvalue weighted by molar-refractivity contribution is -0.359. The molecule has 0 saturated carbocycles. The van der Waals surface area contributed by atoms with E-state index >= 15 is 0 Å². The van der Waals surface area contributed by atoms with Crippen LogP contribution < -0.4 is 5.32 Å². The monoisotopic (exact) mass is 930 g/mol. The molecule has 14 heteroatoms. The number of carbonyl (C=O) groups excluding carboxylic acids is 1. The van der Waals surface area contributed by atoms with Crippen LogP contribution in [0.2, 0.25) is 0 Å². The van der Waals surface area contributed by atoms with Crippen LogP contribution in [0.15, 0.2) is 109 Å². The Bertz CT molecular complexity index is 1520.